The van der Waals surface area contributed by atoms with Gasteiger partial charge in [0.25, 0.3) is 0 Å². The summed E-state index contributed by atoms with van der Waals surface area (Å²) in [4.78, 5) is 10.9. The molecule has 1 amide bonds. The second-order valence-electron chi connectivity index (χ2n) is 3.25. The van der Waals surface area contributed by atoms with Crippen LogP contribution >= 0.6 is 11.8 Å². The maximum Gasteiger partial charge on any atom is 0.397 e. The number of hydrogen-bond acceptors (Lipinski definition) is 2. The zero-order chi connectivity index (χ0) is 10.6. The van der Waals surface area contributed by atoms with E-state index in [9.17, 15) is 18.0 Å². The summed E-state index contributed by atoms with van der Waals surface area (Å²) >= 11 is 1.77. The van der Waals surface area contributed by atoms with E-state index in [2.05, 4.69) is 5.32 Å². The highest BCUT2D eigenvalue weighted by molar-refractivity contribution is 7.99. The quantitative estimate of drug-likeness (QED) is 0.781. The third-order valence-corrected chi connectivity index (χ3v) is 3.00. The molecule has 1 fully saturated rings. The third-order valence-electron chi connectivity index (χ3n) is 1.95. The first-order valence-electron chi connectivity index (χ1n) is 4.41. The Bertz CT molecular complexity index is 201. The lowest BCUT2D eigenvalue weighted by atomic mass is 10.1. The number of halogens is 3. The molecule has 1 aliphatic rings. The van der Waals surface area contributed by atoms with Gasteiger partial charge < -0.3 is 5.32 Å². The highest BCUT2D eigenvalue weighted by Gasteiger charge is 2.32. The lowest BCUT2D eigenvalue weighted by Gasteiger charge is -2.22. The van der Waals surface area contributed by atoms with Crippen LogP contribution in [0.3, 0.4) is 0 Å². The minimum atomic E-state index is -4.40. The van der Waals surface area contributed by atoms with Gasteiger partial charge in [0.15, 0.2) is 0 Å². The van der Waals surface area contributed by atoms with Crippen LogP contribution in [0.5, 0.6) is 0 Å². The normalized spacial score (nSPS) is 19.4. The molecule has 1 rings (SSSR count). The second-order valence-corrected chi connectivity index (χ2v) is 4.47. The van der Waals surface area contributed by atoms with Gasteiger partial charge in [0.05, 0.1) is 0 Å². The maximum atomic E-state index is 11.8. The highest BCUT2D eigenvalue weighted by Crippen LogP contribution is 2.21. The first-order valence-corrected chi connectivity index (χ1v) is 5.57. The summed E-state index contributed by atoms with van der Waals surface area (Å²) in [6.45, 7) is 0. The van der Waals surface area contributed by atoms with Crippen molar-refractivity contribution < 1.29 is 18.0 Å². The Morgan fingerprint density at radius 1 is 1.36 bits per heavy atom. The Hall–Kier alpha value is -0.390. The molecular formula is C8H12F3NOS. The van der Waals surface area contributed by atoms with Crippen LogP contribution in [-0.4, -0.2) is 29.6 Å². The standard InChI is InChI=1S/C8H12F3NOS/c9-8(10,11)5-7(13)12-6-1-3-14-4-2-6/h6H,1-5H2,(H,12,13). The summed E-state index contributed by atoms with van der Waals surface area (Å²) in [6.07, 6.45) is -4.22. The van der Waals surface area contributed by atoms with Crippen molar-refractivity contribution in [1.82, 2.24) is 5.32 Å². The average molecular weight is 227 g/mol. The van der Waals surface area contributed by atoms with Gasteiger partial charge in [-0.2, -0.15) is 24.9 Å². The van der Waals surface area contributed by atoms with E-state index in [1.165, 1.54) is 0 Å². The van der Waals surface area contributed by atoms with Gasteiger partial charge in [-0.25, -0.2) is 0 Å². The van der Waals surface area contributed by atoms with Crippen molar-refractivity contribution >= 4 is 17.7 Å². The Kier molecular flexibility index (Phi) is 4.10. The third kappa shape index (κ3) is 4.74. The lowest BCUT2D eigenvalue weighted by molar-refractivity contribution is -0.154. The van der Waals surface area contributed by atoms with Crippen LogP contribution in [0.1, 0.15) is 19.3 Å². The molecule has 0 aromatic heterocycles. The first-order chi connectivity index (χ1) is 6.47. The number of thioether (sulfide) groups is 1. The molecule has 0 radical (unpaired) electrons. The number of alkyl halides is 3. The van der Waals surface area contributed by atoms with Gasteiger partial charge in [-0.15, -0.1) is 0 Å². The molecule has 0 atom stereocenters. The van der Waals surface area contributed by atoms with Gasteiger partial charge in [-0.1, -0.05) is 0 Å². The SMILES string of the molecule is O=C(CC(F)(F)F)NC1CCSCC1. The van der Waals surface area contributed by atoms with Gasteiger partial charge in [-0.05, 0) is 24.3 Å². The van der Waals surface area contributed by atoms with E-state index in [4.69, 9.17) is 0 Å². The number of rotatable bonds is 2. The number of carbonyl (C=O) groups is 1. The lowest BCUT2D eigenvalue weighted by Crippen LogP contribution is -2.39. The van der Waals surface area contributed by atoms with Crippen LogP contribution in [0.15, 0.2) is 0 Å². The molecule has 1 N–H and O–H groups in total. The molecule has 0 aliphatic carbocycles. The molecule has 14 heavy (non-hydrogen) atoms. The predicted molar refractivity (Wildman–Crippen MR) is 49.2 cm³/mol. The van der Waals surface area contributed by atoms with Crippen molar-refractivity contribution in [2.75, 3.05) is 11.5 Å². The van der Waals surface area contributed by atoms with Crippen molar-refractivity contribution in [2.45, 2.75) is 31.5 Å². The number of carbonyl (C=O) groups excluding carboxylic acids is 1. The van der Waals surface area contributed by atoms with Gasteiger partial charge >= 0.3 is 6.18 Å². The Morgan fingerprint density at radius 3 is 2.43 bits per heavy atom. The Labute approximate surface area is 84.6 Å². The highest BCUT2D eigenvalue weighted by atomic mass is 32.2. The molecule has 0 aromatic carbocycles. The summed E-state index contributed by atoms with van der Waals surface area (Å²) in [7, 11) is 0. The van der Waals surface area contributed by atoms with Gasteiger partial charge in [-0.3, -0.25) is 4.79 Å². The molecular weight excluding hydrogens is 215 g/mol. The van der Waals surface area contributed by atoms with Crippen LogP contribution in [0.25, 0.3) is 0 Å². The molecule has 6 heteroatoms. The fourth-order valence-corrected chi connectivity index (χ4v) is 2.41. The number of hydrogen-bond donors (Lipinski definition) is 1. The van der Waals surface area contributed by atoms with E-state index in [1.807, 2.05) is 0 Å². The summed E-state index contributed by atoms with van der Waals surface area (Å²) in [5.74, 6) is 0.919. The summed E-state index contributed by atoms with van der Waals surface area (Å²) in [5.41, 5.74) is 0. The molecule has 0 bridgehead atoms. The summed E-state index contributed by atoms with van der Waals surface area (Å²) in [5, 5.41) is 2.40. The summed E-state index contributed by atoms with van der Waals surface area (Å²) in [6, 6.07) is -0.0638. The van der Waals surface area contributed by atoms with Gasteiger partial charge in [0, 0.05) is 6.04 Å². The molecule has 0 aromatic rings. The van der Waals surface area contributed by atoms with E-state index >= 15 is 0 Å². The van der Waals surface area contributed by atoms with Crippen LogP contribution in [0.4, 0.5) is 13.2 Å². The number of nitrogens with one attached hydrogen (secondary N) is 1. The van der Waals surface area contributed by atoms with E-state index in [-0.39, 0.29) is 6.04 Å². The minimum Gasteiger partial charge on any atom is -0.353 e. The topological polar surface area (TPSA) is 29.1 Å². The molecule has 82 valence electrons. The van der Waals surface area contributed by atoms with Gasteiger partial charge in [0.2, 0.25) is 5.91 Å². The minimum absolute atomic E-state index is 0.0638. The van der Waals surface area contributed by atoms with Crippen molar-refractivity contribution in [2.24, 2.45) is 0 Å². The van der Waals surface area contributed by atoms with Crippen molar-refractivity contribution in [3.8, 4) is 0 Å². The molecule has 1 saturated heterocycles. The molecule has 0 spiro atoms. The maximum absolute atomic E-state index is 11.8. The van der Waals surface area contributed by atoms with E-state index in [0.717, 1.165) is 24.3 Å². The predicted octanol–water partition coefficient (Wildman–Crippen LogP) is 1.95. The fraction of sp³-hybridized carbons (Fsp3) is 0.875. The molecule has 2 nitrogen and oxygen atoms in total. The second kappa shape index (κ2) is 4.91. The van der Waals surface area contributed by atoms with Crippen LogP contribution in [0, 0.1) is 0 Å². The number of amides is 1. The first kappa shape index (κ1) is 11.7. The molecule has 0 saturated carbocycles. The van der Waals surface area contributed by atoms with Crippen molar-refractivity contribution in [3.63, 3.8) is 0 Å². The van der Waals surface area contributed by atoms with Gasteiger partial charge in [0.1, 0.15) is 6.42 Å². The summed E-state index contributed by atoms with van der Waals surface area (Å²) < 4.78 is 35.4. The van der Waals surface area contributed by atoms with E-state index < -0.39 is 18.5 Å². The van der Waals surface area contributed by atoms with Crippen LogP contribution < -0.4 is 5.32 Å². The van der Waals surface area contributed by atoms with Crippen LogP contribution in [0.2, 0.25) is 0 Å². The average Bonchev–Trinajstić information content (AvgIpc) is 2.02. The molecule has 0 unspecified atom stereocenters. The zero-order valence-corrected chi connectivity index (χ0v) is 8.38. The largest absolute Gasteiger partial charge is 0.397 e. The van der Waals surface area contributed by atoms with Crippen molar-refractivity contribution in [3.05, 3.63) is 0 Å². The zero-order valence-electron chi connectivity index (χ0n) is 7.56. The monoisotopic (exact) mass is 227 g/mol. The van der Waals surface area contributed by atoms with E-state index in [1.54, 1.807) is 11.8 Å². The Balaban J connectivity index is 2.25. The fourth-order valence-electron chi connectivity index (χ4n) is 1.30. The van der Waals surface area contributed by atoms with E-state index in [0.29, 0.717) is 0 Å². The smallest absolute Gasteiger partial charge is 0.353 e. The Morgan fingerprint density at radius 2 is 1.93 bits per heavy atom. The van der Waals surface area contributed by atoms with Crippen molar-refractivity contribution in [1.29, 1.82) is 0 Å². The molecule has 1 aliphatic heterocycles. The van der Waals surface area contributed by atoms with Crippen LogP contribution in [-0.2, 0) is 4.79 Å². The molecule has 1 heterocycles.